The minimum Gasteiger partial charge on any atom is -0.497 e. The molecule has 3 rings (SSSR count). The number of rotatable bonds is 3. The zero-order valence-electron chi connectivity index (χ0n) is 15.2. The summed E-state index contributed by atoms with van der Waals surface area (Å²) in [6, 6.07) is 7.29. The molecule has 5 nitrogen and oxygen atoms in total. The summed E-state index contributed by atoms with van der Waals surface area (Å²) in [6.45, 7) is 6.11. The van der Waals surface area contributed by atoms with Crippen molar-refractivity contribution in [3.8, 4) is 5.75 Å². The molecule has 2 aliphatic rings. The van der Waals surface area contributed by atoms with Crippen molar-refractivity contribution in [3.63, 3.8) is 0 Å². The zero-order valence-corrected chi connectivity index (χ0v) is 16.0. The summed E-state index contributed by atoms with van der Waals surface area (Å²) < 4.78 is 5.21. The first kappa shape index (κ1) is 18.1. The van der Waals surface area contributed by atoms with Gasteiger partial charge in [-0.15, -0.1) is 11.8 Å². The van der Waals surface area contributed by atoms with Gasteiger partial charge in [0.2, 0.25) is 5.91 Å². The smallest absolute Gasteiger partial charge is 0.253 e. The molecule has 0 unspecified atom stereocenters. The lowest BCUT2D eigenvalue weighted by Gasteiger charge is -2.44. The van der Waals surface area contributed by atoms with Gasteiger partial charge in [-0.3, -0.25) is 9.59 Å². The number of carbonyl (C=O) groups is 2. The SMILES string of the molecule is COc1cccc(C(=O)N2CCC3(CC2)SCCN3C(=O)C(C)C)c1. The van der Waals surface area contributed by atoms with Gasteiger partial charge in [-0.05, 0) is 31.0 Å². The first-order chi connectivity index (χ1) is 12.0. The van der Waals surface area contributed by atoms with Crippen LogP contribution >= 0.6 is 11.8 Å². The van der Waals surface area contributed by atoms with Crippen LogP contribution in [0.1, 0.15) is 37.0 Å². The Bertz CT molecular complexity index is 654. The molecule has 136 valence electrons. The molecule has 2 fully saturated rings. The van der Waals surface area contributed by atoms with Gasteiger partial charge in [0.25, 0.3) is 5.91 Å². The highest BCUT2D eigenvalue weighted by Crippen LogP contribution is 2.44. The Kier molecular flexibility index (Phi) is 5.27. The molecule has 0 atom stereocenters. The standard InChI is InChI=1S/C19H26N2O3S/c1-14(2)17(22)21-11-12-25-19(21)7-9-20(10-8-19)18(23)15-5-4-6-16(13-15)24-3/h4-6,13-14H,7-12H2,1-3H3. The van der Waals surface area contributed by atoms with Gasteiger partial charge in [-0.2, -0.15) is 0 Å². The van der Waals surface area contributed by atoms with Gasteiger partial charge in [0.1, 0.15) is 5.75 Å². The molecular weight excluding hydrogens is 336 g/mol. The number of methoxy groups -OCH3 is 1. The minimum absolute atomic E-state index is 0.0204. The maximum Gasteiger partial charge on any atom is 0.253 e. The van der Waals surface area contributed by atoms with E-state index in [1.165, 1.54) is 0 Å². The molecule has 2 aliphatic heterocycles. The molecule has 2 amide bonds. The second-order valence-corrected chi connectivity index (χ2v) is 8.42. The third kappa shape index (κ3) is 3.50. The van der Waals surface area contributed by atoms with Gasteiger partial charge in [-0.1, -0.05) is 19.9 Å². The van der Waals surface area contributed by atoms with Crippen LogP contribution in [-0.2, 0) is 4.79 Å². The summed E-state index contributed by atoms with van der Waals surface area (Å²) in [5.74, 6) is 1.98. The van der Waals surface area contributed by atoms with Crippen molar-refractivity contribution in [1.82, 2.24) is 9.80 Å². The van der Waals surface area contributed by atoms with Crippen LogP contribution in [0.2, 0.25) is 0 Å². The molecule has 0 N–H and O–H groups in total. The summed E-state index contributed by atoms with van der Waals surface area (Å²) in [6.07, 6.45) is 1.68. The van der Waals surface area contributed by atoms with Crippen molar-refractivity contribution in [2.24, 2.45) is 5.92 Å². The van der Waals surface area contributed by atoms with Crippen molar-refractivity contribution in [1.29, 1.82) is 0 Å². The predicted octanol–water partition coefficient (Wildman–Crippen LogP) is 2.86. The molecule has 0 bridgehead atoms. The Morgan fingerprint density at radius 1 is 1.20 bits per heavy atom. The van der Waals surface area contributed by atoms with Gasteiger partial charge in [0, 0.05) is 36.9 Å². The third-order valence-electron chi connectivity index (χ3n) is 5.09. The lowest BCUT2D eigenvalue weighted by Crippen LogP contribution is -2.54. The topological polar surface area (TPSA) is 49.9 Å². The van der Waals surface area contributed by atoms with Crippen LogP contribution < -0.4 is 4.74 Å². The van der Waals surface area contributed by atoms with Crippen LogP contribution in [0.15, 0.2) is 24.3 Å². The highest BCUT2D eigenvalue weighted by molar-refractivity contribution is 8.00. The number of ether oxygens (including phenoxy) is 1. The average Bonchev–Trinajstić information content (AvgIpc) is 3.04. The lowest BCUT2D eigenvalue weighted by atomic mass is 9.99. The molecule has 0 radical (unpaired) electrons. The zero-order chi connectivity index (χ0) is 18.0. The summed E-state index contributed by atoms with van der Waals surface area (Å²) in [5, 5.41) is 0. The molecule has 1 aromatic rings. The first-order valence-electron chi connectivity index (χ1n) is 8.85. The average molecular weight is 362 g/mol. The van der Waals surface area contributed by atoms with E-state index < -0.39 is 0 Å². The Morgan fingerprint density at radius 3 is 2.56 bits per heavy atom. The Hall–Kier alpha value is -1.69. The Labute approximate surface area is 153 Å². The fourth-order valence-electron chi connectivity index (χ4n) is 3.64. The molecule has 1 spiro atoms. The second-order valence-electron chi connectivity index (χ2n) is 6.96. The summed E-state index contributed by atoms with van der Waals surface area (Å²) >= 11 is 1.88. The number of hydrogen-bond acceptors (Lipinski definition) is 4. The van der Waals surface area contributed by atoms with E-state index in [1.54, 1.807) is 13.2 Å². The number of nitrogens with zero attached hydrogens (tertiary/aromatic N) is 2. The molecule has 25 heavy (non-hydrogen) atoms. The summed E-state index contributed by atoms with van der Waals surface area (Å²) in [5.41, 5.74) is 0.657. The third-order valence-corrected chi connectivity index (χ3v) is 6.64. The lowest BCUT2D eigenvalue weighted by molar-refractivity contribution is -0.137. The van der Waals surface area contributed by atoms with E-state index in [0.717, 1.165) is 25.1 Å². The fraction of sp³-hybridized carbons (Fsp3) is 0.579. The number of thioether (sulfide) groups is 1. The van der Waals surface area contributed by atoms with E-state index in [2.05, 4.69) is 4.90 Å². The van der Waals surface area contributed by atoms with Crippen LogP contribution in [0, 0.1) is 5.92 Å². The van der Waals surface area contributed by atoms with Gasteiger partial charge in [0.05, 0.1) is 12.0 Å². The van der Waals surface area contributed by atoms with Gasteiger partial charge in [0.15, 0.2) is 0 Å². The number of benzene rings is 1. The molecule has 1 aromatic carbocycles. The monoisotopic (exact) mass is 362 g/mol. The maximum atomic E-state index is 12.8. The number of amides is 2. The Morgan fingerprint density at radius 2 is 1.92 bits per heavy atom. The van der Waals surface area contributed by atoms with E-state index in [1.807, 2.05) is 48.7 Å². The highest BCUT2D eigenvalue weighted by atomic mass is 32.2. The van der Waals surface area contributed by atoms with Crippen molar-refractivity contribution < 1.29 is 14.3 Å². The van der Waals surface area contributed by atoms with Crippen LogP contribution in [0.5, 0.6) is 5.75 Å². The van der Waals surface area contributed by atoms with Crippen LogP contribution in [0.25, 0.3) is 0 Å². The van der Waals surface area contributed by atoms with Crippen molar-refractivity contribution in [2.75, 3.05) is 32.5 Å². The van der Waals surface area contributed by atoms with E-state index in [0.29, 0.717) is 24.4 Å². The number of piperidine rings is 1. The largest absolute Gasteiger partial charge is 0.497 e. The molecule has 0 aromatic heterocycles. The molecule has 2 saturated heterocycles. The van der Waals surface area contributed by atoms with Crippen LogP contribution in [0.4, 0.5) is 0 Å². The van der Waals surface area contributed by atoms with Crippen molar-refractivity contribution in [2.45, 2.75) is 31.6 Å². The van der Waals surface area contributed by atoms with E-state index in [4.69, 9.17) is 4.74 Å². The second kappa shape index (κ2) is 7.28. The minimum atomic E-state index is -0.119. The van der Waals surface area contributed by atoms with E-state index in [9.17, 15) is 9.59 Å². The number of hydrogen-bond donors (Lipinski definition) is 0. The van der Waals surface area contributed by atoms with E-state index >= 15 is 0 Å². The van der Waals surface area contributed by atoms with Crippen LogP contribution in [0.3, 0.4) is 0 Å². The first-order valence-corrected chi connectivity index (χ1v) is 9.84. The maximum absolute atomic E-state index is 12.8. The molecule has 2 heterocycles. The van der Waals surface area contributed by atoms with Gasteiger partial charge in [-0.25, -0.2) is 0 Å². The fourth-order valence-corrected chi connectivity index (χ4v) is 5.11. The molecule has 6 heteroatoms. The van der Waals surface area contributed by atoms with Crippen LogP contribution in [-0.4, -0.2) is 59.0 Å². The summed E-state index contributed by atoms with van der Waals surface area (Å²) in [7, 11) is 1.60. The predicted molar refractivity (Wildman–Crippen MR) is 99.9 cm³/mol. The van der Waals surface area contributed by atoms with Gasteiger partial charge < -0.3 is 14.5 Å². The highest BCUT2D eigenvalue weighted by Gasteiger charge is 2.47. The quantitative estimate of drug-likeness (QED) is 0.830. The number of carbonyl (C=O) groups excluding carboxylic acids is 2. The number of likely N-dealkylation sites (tertiary alicyclic amines) is 1. The van der Waals surface area contributed by atoms with Crippen molar-refractivity contribution >= 4 is 23.6 Å². The normalized spacial score (nSPS) is 19.5. The molecule has 0 aliphatic carbocycles. The molecular formula is C19H26N2O3S. The Balaban J connectivity index is 1.68. The van der Waals surface area contributed by atoms with Crippen molar-refractivity contribution in [3.05, 3.63) is 29.8 Å². The summed E-state index contributed by atoms with van der Waals surface area (Å²) in [4.78, 5) is 29.2. The molecule has 0 saturated carbocycles. The van der Waals surface area contributed by atoms with E-state index in [-0.39, 0.29) is 22.6 Å². The van der Waals surface area contributed by atoms with Gasteiger partial charge >= 0.3 is 0 Å².